The highest BCUT2D eigenvalue weighted by molar-refractivity contribution is 5.93. The van der Waals surface area contributed by atoms with Crippen molar-refractivity contribution in [3.63, 3.8) is 0 Å². The molecule has 1 aromatic heterocycles. The van der Waals surface area contributed by atoms with Crippen molar-refractivity contribution in [2.24, 2.45) is 5.73 Å². The maximum Gasteiger partial charge on any atom is 0.450 e. The molecule has 0 aliphatic heterocycles. The van der Waals surface area contributed by atoms with Crippen LogP contribution in [0.3, 0.4) is 0 Å². The molecule has 140 valence electrons. The highest BCUT2D eigenvalue weighted by Crippen LogP contribution is 2.35. The average molecular weight is 381 g/mol. The number of hydrogen-bond acceptors (Lipinski definition) is 2. The zero-order valence-corrected chi connectivity index (χ0v) is 14.4. The van der Waals surface area contributed by atoms with Crippen LogP contribution in [0.1, 0.15) is 16.2 Å². The molecule has 0 aliphatic carbocycles. The molecule has 1 heterocycles. The summed E-state index contributed by atoms with van der Waals surface area (Å²) in [6.07, 6.45) is -4.60. The number of alkyl halides is 3. The van der Waals surface area contributed by atoms with Crippen LogP contribution in [0.5, 0.6) is 0 Å². The minimum absolute atomic E-state index is 0.229. The Morgan fingerprint density at radius 1 is 0.893 bits per heavy atom. The first-order valence-electron chi connectivity index (χ1n) is 8.40. The van der Waals surface area contributed by atoms with Crippen molar-refractivity contribution in [3.05, 3.63) is 84.2 Å². The smallest absolute Gasteiger partial charge is 0.366 e. The van der Waals surface area contributed by atoms with Gasteiger partial charge < -0.3 is 5.73 Å². The van der Waals surface area contributed by atoms with Gasteiger partial charge >= 0.3 is 6.18 Å². The Morgan fingerprint density at radius 2 is 1.54 bits per heavy atom. The number of para-hydroxylation sites is 1. The number of hydrogen-bond donors (Lipinski definition) is 1. The summed E-state index contributed by atoms with van der Waals surface area (Å²) in [5.41, 5.74) is 8.00. The second-order valence-corrected chi connectivity index (χ2v) is 6.25. The van der Waals surface area contributed by atoms with Gasteiger partial charge in [-0.15, -0.1) is 0 Å². The maximum atomic E-state index is 13.6. The third-order valence-electron chi connectivity index (χ3n) is 4.43. The summed E-state index contributed by atoms with van der Waals surface area (Å²) in [6.45, 7) is 0. The highest BCUT2D eigenvalue weighted by Gasteiger charge is 2.38. The van der Waals surface area contributed by atoms with Crippen LogP contribution in [0.25, 0.3) is 27.8 Å². The van der Waals surface area contributed by atoms with Crippen molar-refractivity contribution in [1.82, 2.24) is 9.55 Å². The lowest BCUT2D eigenvalue weighted by atomic mass is 10.0. The zero-order valence-electron chi connectivity index (χ0n) is 14.4. The molecular formula is C21H14F3N3O. The molecule has 4 nitrogen and oxygen atoms in total. The second kappa shape index (κ2) is 6.53. The number of benzene rings is 3. The Kier molecular flexibility index (Phi) is 4.15. The lowest BCUT2D eigenvalue weighted by Gasteiger charge is -2.11. The van der Waals surface area contributed by atoms with Crippen LogP contribution in [0.15, 0.2) is 72.8 Å². The van der Waals surface area contributed by atoms with Crippen molar-refractivity contribution in [2.45, 2.75) is 6.18 Å². The third kappa shape index (κ3) is 3.11. The lowest BCUT2D eigenvalue weighted by molar-refractivity contribution is -0.145. The van der Waals surface area contributed by atoms with Crippen LogP contribution in [-0.4, -0.2) is 15.5 Å². The molecule has 4 aromatic rings. The molecular weight excluding hydrogens is 367 g/mol. The van der Waals surface area contributed by atoms with Gasteiger partial charge in [-0.1, -0.05) is 36.4 Å². The van der Waals surface area contributed by atoms with E-state index in [2.05, 4.69) is 4.98 Å². The molecule has 0 spiro atoms. The van der Waals surface area contributed by atoms with Crippen LogP contribution in [0, 0.1) is 0 Å². The number of fused-ring (bicyclic) bond motifs is 1. The van der Waals surface area contributed by atoms with Gasteiger partial charge in [0.15, 0.2) is 0 Å². The fourth-order valence-corrected chi connectivity index (χ4v) is 3.12. The molecule has 1 amide bonds. The average Bonchev–Trinajstić information content (AvgIpc) is 3.08. The van der Waals surface area contributed by atoms with Gasteiger partial charge in [-0.2, -0.15) is 13.2 Å². The van der Waals surface area contributed by atoms with Crippen LogP contribution < -0.4 is 5.73 Å². The van der Waals surface area contributed by atoms with Crippen LogP contribution in [0.4, 0.5) is 13.2 Å². The van der Waals surface area contributed by atoms with E-state index in [9.17, 15) is 18.0 Å². The summed E-state index contributed by atoms with van der Waals surface area (Å²) in [4.78, 5) is 15.1. The van der Waals surface area contributed by atoms with Gasteiger partial charge in [-0.05, 0) is 47.5 Å². The zero-order chi connectivity index (χ0) is 19.9. The minimum Gasteiger partial charge on any atom is -0.366 e. The molecule has 28 heavy (non-hydrogen) atoms. The Balaban J connectivity index is 1.88. The van der Waals surface area contributed by atoms with Gasteiger partial charge in [0.1, 0.15) is 0 Å². The first kappa shape index (κ1) is 17.8. The van der Waals surface area contributed by atoms with E-state index in [1.807, 2.05) is 0 Å². The fraction of sp³-hybridized carbons (Fsp3) is 0.0476. The van der Waals surface area contributed by atoms with Crippen LogP contribution >= 0.6 is 0 Å². The lowest BCUT2D eigenvalue weighted by Crippen LogP contribution is -2.13. The van der Waals surface area contributed by atoms with Crippen molar-refractivity contribution in [1.29, 1.82) is 0 Å². The number of aromatic nitrogens is 2. The number of rotatable bonds is 3. The first-order chi connectivity index (χ1) is 13.3. The van der Waals surface area contributed by atoms with E-state index in [4.69, 9.17) is 5.73 Å². The molecule has 3 aromatic carbocycles. The van der Waals surface area contributed by atoms with E-state index < -0.39 is 17.9 Å². The highest BCUT2D eigenvalue weighted by atomic mass is 19.4. The molecule has 0 atom stereocenters. The summed E-state index contributed by atoms with van der Waals surface area (Å²) in [7, 11) is 0. The standard InChI is InChI=1S/C21H14F3N3O/c22-21(23,24)20-26-17-12-15(13-6-8-14(9-7-13)19(25)28)10-11-18(17)27(20)16-4-2-1-3-5-16/h1-12H,(H2,25,28). The molecule has 0 radical (unpaired) electrons. The minimum atomic E-state index is -4.60. The number of nitrogens with two attached hydrogens (primary N) is 1. The van der Waals surface area contributed by atoms with Crippen LogP contribution in [-0.2, 0) is 6.18 Å². The number of primary amides is 1. The van der Waals surface area contributed by atoms with E-state index >= 15 is 0 Å². The van der Waals surface area contributed by atoms with Crippen LogP contribution in [0.2, 0.25) is 0 Å². The predicted octanol–water partition coefficient (Wildman–Crippen LogP) is 4.81. The Labute approximate surface area is 158 Å². The van der Waals surface area contributed by atoms with E-state index in [0.717, 1.165) is 10.1 Å². The van der Waals surface area contributed by atoms with Gasteiger partial charge in [0.2, 0.25) is 11.7 Å². The van der Waals surface area contributed by atoms with E-state index in [0.29, 0.717) is 22.3 Å². The fourth-order valence-electron chi connectivity index (χ4n) is 3.12. The van der Waals surface area contributed by atoms with Gasteiger partial charge in [0.25, 0.3) is 0 Å². The molecule has 7 heteroatoms. The number of amides is 1. The normalized spacial score (nSPS) is 11.7. The molecule has 0 aliphatic rings. The number of carbonyl (C=O) groups is 1. The molecule has 0 saturated heterocycles. The topological polar surface area (TPSA) is 60.9 Å². The van der Waals surface area contributed by atoms with Gasteiger partial charge in [-0.25, -0.2) is 4.98 Å². The van der Waals surface area contributed by atoms with E-state index in [1.54, 1.807) is 72.8 Å². The molecule has 0 unspecified atom stereocenters. The molecule has 0 saturated carbocycles. The van der Waals surface area contributed by atoms with Gasteiger partial charge in [0, 0.05) is 11.3 Å². The number of nitrogens with zero attached hydrogens (tertiary/aromatic N) is 2. The van der Waals surface area contributed by atoms with Crippen molar-refractivity contribution >= 4 is 16.9 Å². The summed E-state index contributed by atoms with van der Waals surface area (Å²) >= 11 is 0. The van der Waals surface area contributed by atoms with E-state index in [1.165, 1.54) is 0 Å². The number of carbonyl (C=O) groups excluding carboxylic acids is 1. The molecule has 2 N–H and O–H groups in total. The van der Waals surface area contributed by atoms with Gasteiger partial charge in [0.05, 0.1) is 11.0 Å². The quantitative estimate of drug-likeness (QED) is 0.554. The van der Waals surface area contributed by atoms with E-state index in [-0.39, 0.29) is 5.52 Å². The Bertz CT molecular complexity index is 1160. The summed E-state index contributed by atoms with van der Waals surface area (Å²) in [6, 6.07) is 19.8. The second-order valence-electron chi connectivity index (χ2n) is 6.25. The maximum absolute atomic E-state index is 13.6. The predicted molar refractivity (Wildman–Crippen MR) is 100 cm³/mol. The Morgan fingerprint density at radius 3 is 2.14 bits per heavy atom. The number of imidazole rings is 1. The van der Waals surface area contributed by atoms with Gasteiger partial charge in [-0.3, -0.25) is 9.36 Å². The first-order valence-corrected chi connectivity index (χ1v) is 8.40. The molecule has 4 rings (SSSR count). The van der Waals surface area contributed by atoms with Crippen molar-refractivity contribution in [2.75, 3.05) is 0 Å². The van der Waals surface area contributed by atoms with Crippen molar-refractivity contribution < 1.29 is 18.0 Å². The SMILES string of the molecule is NC(=O)c1ccc(-c2ccc3c(c2)nc(C(F)(F)F)n3-c2ccccc2)cc1. The monoisotopic (exact) mass is 381 g/mol. The molecule has 0 fully saturated rings. The third-order valence-corrected chi connectivity index (χ3v) is 4.43. The number of halogens is 3. The largest absolute Gasteiger partial charge is 0.450 e. The summed E-state index contributed by atoms with van der Waals surface area (Å²) < 4.78 is 41.9. The molecule has 0 bridgehead atoms. The summed E-state index contributed by atoms with van der Waals surface area (Å²) in [5, 5.41) is 0. The summed E-state index contributed by atoms with van der Waals surface area (Å²) in [5.74, 6) is -1.52. The van der Waals surface area contributed by atoms with Crippen molar-refractivity contribution in [3.8, 4) is 16.8 Å². The Hall–Kier alpha value is -3.61.